The molecule has 0 bridgehead atoms. The molecular formula is C19H16N6O. The van der Waals surface area contributed by atoms with Crippen molar-refractivity contribution in [1.29, 1.82) is 0 Å². The minimum atomic E-state index is -0.308. The number of hydrogen-bond donors (Lipinski definition) is 2. The summed E-state index contributed by atoms with van der Waals surface area (Å²) < 4.78 is 0. The van der Waals surface area contributed by atoms with Crippen LogP contribution < -0.4 is 10.9 Å². The minimum Gasteiger partial charge on any atom is -0.278 e. The standard InChI is InChI=1S/C19H16N6O/c26-19(25-23-14-16-6-10-21-11-7-16)17-2-1-3-18(12-17)24-22-13-15-4-8-20-9-5-15/h1-14,24H,(H,25,26)/b22-13+,23-14+. The Morgan fingerprint density at radius 2 is 1.46 bits per heavy atom. The number of carbonyl (C=O) groups is 1. The smallest absolute Gasteiger partial charge is 0.271 e. The second-order valence-corrected chi connectivity index (χ2v) is 5.21. The van der Waals surface area contributed by atoms with Crippen LogP contribution in [0.25, 0.3) is 0 Å². The lowest BCUT2D eigenvalue weighted by Gasteiger charge is -2.04. The molecule has 26 heavy (non-hydrogen) atoms. The lowest BCUT2D eigenvalue weighted by atomic mass is 10.2. The number of aromatic nitrogens is 2. The molecule has 3 rings (SSSR count). The molecule has 0 saturated heterocycles. The maximum absolute atomic E-state index is 12.2. The molecule has 0 unspecified atom stereocenters. The third kappa shape index (κ3) is 5.07. The number of nitrogens with one attached hydrogen (secondary N) is 2. The third-order valence-electron chi connectivity index (χ3n) is 3.32. The summed E-state index contributed by atoms with van der Waals surface area (Å²) in [5.41, 5.74) is 8.33. The fourth-order valence-corrected chi connectivity index (χ4v) is 2.04. The average Bonchev–Trinajstić information content (AvgIpc) is 2.70. The van der Waals surface area contributed by atoms with Gasteiger partial charge in [-0.15, -0.1) is 0 Å². The van der Waals surface area contributed by atoms with Crippen LogP contribution in [0.3, 0.4) is 0 Å². The van der Waals surface area contributed by atoms with Gasteiger partial charge in [0.05, 0.1) is 18.1 Å². The van der Waals surface area contributed by atoms with E-state index in [1.807, 2.05) is 18.2 Å². The van der Waals surface area contributed by atoms with E-state index in [-0.39, 0.29) is 5.91 Å². The van der Waals surface area contributed by atoms with Gasteiger partial charge < -0.3 is 0 Å². The third-order valence-corrected chi connectivity index (χ3v) is 3.32. The van der Waals surface area contributed by atoms with Gasteiger partial charge in [0.1, 0.15) is 0 Å². The second kappa shape index (κ2) is 8.84. The van der Waals surface area contributed by atoms with Crippen molar-refractivity contribution in [1.82, 2.24) is 15.4 Å². The Labute approximate surface area is 150 Å². The Morgan fingerprint density at radius 1 is 0.846 bits per heavy atom. The fraction of sp³-hybridized carbons (Fsp3) is 0. The van der Waals surface area contributed by atoms with Crippen LogP contribution in [0.2, 0.25) is 0 Å². The molecule has 2 aromatic heterocycles. The molecule has 0 aliphatic carbocycles. The van der Waals surface area contributed by atoms with Crippen LogP contribution in [-0.2, 0) is 0 Å². The predicted octanol–water partition coefficient (Wildman–Crippen LogP) is 2.69. The summed E-state index contributed by atoms with van der Waals surface area (Å²) in [7, 11) is 0. The van der Waals surface area contributed by atoms with Gasteiger partial charge in [0.25, 0.3) is 5.91 Å². The van der Waals surface area contributed by atoms with Crippen molar-refractivity contribution in [2.24, 2.45) is 10.2 Å². The number of pyridine rings is 2. The number of carbonyl (C=O) groups excluding carboxylic acids is 1. The first-order valence-electron chi connectivity index (χ1n) is 7.84. The Hall–Kier alpha value is -3.87. The fourth-order valence-electron chi connectivity index (χ4n) is 2.04. The van der Waals surface area contributed by atoms with E-state index in [0.29, 0.717) is 11.3 Å². The second-order valence-electron chi connectivity index (χ2n) is 5.21. The zero-order chi connectivity index (χ0) is 18.0. The maximum atomic E-state index is 12.2. The molecule has 7 nitrogen and oxygen atoms in total. The van der Waals surface area contributed by atoms with E-state index in [1.165, 1.54) is 0 Å². The van der Waals surface area contributed by atoms with Crippen molar-refractivity contribution >= 4 is 24.0 Å². The van der Waals surface area contributed by atoms with Crippen LogP contribution in [0.5, 0.6) is 0 Å². The summed E-state index contributed by atoms with van der Waals surface area (Å²) in [4.78, 5) is 20.0. The molecule has 0 aliphatic rings. The van der Waals surface area contributed by atoms with Crippen molar-refractivity contribution in [2.75, 3.05) is 5.43 Å². The molecule has 3 aromatic rings. The molecule has 0 atom stereocenters. The molecule has 0 spiro atoms. The zero-order valence-corrected chi connectivity index (χ0v) is 13.8. The molecule has 2 N–H and O–H groups in total. The first-order valence-corrected chi connectivity index (χ1v) is 7.84. The van der Waals surface area contributed by atoms with Crippen molar-refractivity contribution in [3.05, 3.63) is 90.0 Å². The van der Waals surface area contributed by atoms with E-state index < -0.39 is 0 Å². The molecule has 0 aliphatic heterocycles. The molecule has 0 radical (unpaired) electrons. The predicted molar refractivity (Wildman–Crippen MR) is 101 cm³/mol. The Kier molecular flexibility index (Phi) is 5.77. The summed E-state index contributed by atoms with van der Waals surface area (Å²) in [5.74, 6) is -0.308. The van der Waals surface area contributed by atoms with Crippen LogP contribution in [0.15, 0.2) is 83.5 Å². The largest absolute Gasteiger partial charge is 0.278 e. The summed E-state index contributed by atoms with van der Waals surface area (Å²) in [6, 6.07) is 14.3. The number of nitrogens with zero attached hydrogens (tertiary/aromatic N) is 4. The normalized spacial score (nSPS) is 10.9. The van der Waals surface area contributed by atoms with E-state index in [2.05, 4.69) is 31.0 Å². The first-order chi connectivity index (χ1) is 12.8. The Balaban J connectivity index is 1.58. The maximum Gasteiger partial charge on any atom is 0.271 e. The van der Waals surface area contributed by atoms with Gasteiger partial charge in [0.2, 0.25) is 0 Å². The van der Waals surface area contributed by atoms with Crippen LogP contribution in [-0.4, -0.2) is 28.3 Å². The summed E-state index contributed by atoms with van der Waals surface area (Å²) in [6.45, 7) is 0. The van der Waals surface area contributed by atoms with Gasteiger partial charge in [0.15, 0.2) is 0 Å². The van der Waals surface area contributed by atoms with E-state index in [4.69, 9.17) is 0 Å². The number of amides is 1. The number of rotatable bonds is 6. The highest BCUT2D eigenvalue weighted by Gasteiger charge is 2.04. The summed E-state index contributed by atoms with van der Waals surface area (Å²) in [6.07, 6.45) is 9.93. The summed E-state index contributed by atoms with van der Waals surface area (Å²) >= 11 is 0. The van der Waals surface area contributed by atoms with E-state index in [9.17, 15) is 4.79 Å². The van der Waals surface area contributed by atoms with E-state index in [1.54, 1.807) is 67.5 Å². The highest BCUT2D eigenvalue weighted by Crippen LogP contribution is 2.10. The number of anilines is 1. The van der Waals surface area contributed by atoms with E-state index in [0.717, 1.165) is 11.1 Å². The SMILES string of the molecule is O=C(N/N=C/c1ccncc1)c1cccc(N/N=C/c2ccncc2)c1. The highest BCUT2D eigenvalue weighted by atomic mass is 16.2. The van der Waals surface area contributed by atoms with Gasteiger partial charge in [-0.05, 0) is 53.6 Å². The lowest BCUT2D eigenvalue weighted by molar-refractivity contribution is 0.0955. The number of hydrazone groups is 2. The highest BCUT2D eigenvalue weighted by molar-refractivity contribution is 5.95. The van der Waals surface area contributed by atoms with Gasteiger partial charge in [-0.25, -0.2) is 5.43 Å². The molecular weight excluding hydrogens is 328 g/mol. The molecule has 1 amide bonds. The van der Waals surface area contributed by atoms with Crippen molar-refractivity contribution in [3.63, 3.8) is 0 Å². The van der Waals surface area contributed by atoms with Gasteiger partial charge in [-0.1, -0.05) is 6.07 Å². The monoisotopic (exact) mass is 344 g/mol. The Morgan fingerprint density at radius 3 is 2.12 bits per heavy atom. The van der Waals surface area contributed by atoms with Crippen LogP contribution in [0.4, 0.5) is 5.69 Å². The number of benzene rings is 1. The topological polar surface area (TPSA) is 91.6 Å². The van der Waals surface area contributed by atoms with Gasteiger partial charge >= 0.3 is 0 Å². The van der Waals surface area contributed by atoms with Gasteiger partial charge in [-0.2, -0.15) is 10.2 Å². The first kappa shape index (κ1) is 17.0. The van der Waals surface area contributed by atoms with Gasteiger partial charge in [-0.3, -0.25) is 20.2 Å². The van der Waals surface area contributed by atoms with Crippen LogP contribution in [0.1, 0.15) is 21.5 Å². The minimum absolute atomic E-state index is 0.308. The molecule has 1 aromatic carbocycles. The van der Waals surface area contributed by atoms with E-state index >= 15 is 0 Å². The molecule has 0 saturated carbocycles. The van der Waals surface area contributed by atoms with Crippen molar-refractivity contribution in [3.8, 4) is 0 Å². The molecule has 7 heteroatoms. The Bertz CT molecular complexity index is 910. The molecule has 0 fully saturated rings. The molecule has 128 valence electrons. The quantitative estimate of drug-likeness (QED) is 0.531. The van der Waals surface area contributed by atoms with Crippen molar-refractivity contribution in [2.45, 2.75) is 0 Å². The summed E-state index contributed by atoms with van der Waals surface area (Å²) in [5, 5.41) is 8.09. The van der Waals surface area contributed by atoms with Crippen molar-refractivity contribution < 1.29 is 4.79 Å². The van der Waals surface area contributed by atoms with Crippen LogP contribution >= 0.6 is 0 Å². The van der Waals surface area contributed by atoms with Gasteiger partial charge in [0, 0.05) is 30.4 Å². The molecule has 2 heterocycles. The average molecular weight is 344 g/mol. The lowest BCUT2D eigenvalue weighted by Crippen LogP contribution is -2.17. The van der Waals surface area contributed by atoms with Crippen LogP contribution in [0, 0.1) is 0 Å². The number of hydrogen-bond acceptors (Lipinski definition) is 6. The zero-order valence-electron chi connectivity index (χ0n) is 13.8.